The summed E-state index contributed by atoms with van der Waals surface area (Å²) in [6, 6.07) is 0. The lowest BCUT2D eigenvalue weighted by Crippen LogP contribution is -2.52. The zero-order chi connectivity index (χ0) is 10.2. The molecule has 0 unspecified atom stereocenters. The Kier molecular flexibility index (Phi) is 0.903. The topological polar surface area (TPSA) is 57.6 Å². The Morgan fingerprint density at radius 2 is 2.30 bits per heavy atom. The van der Waals surface area contributed by atoms with Gasteiger partial charge in [0.1, 0.15) is 0 Å². The van der Waals surface area contributed by atoms with Crippen LogP contribution >= 0.6 is 0 Å². The van der Waals surface area contributed by atoms with Gasteiger partial charge in [-0.2, -0.15) is 0 Å². The molecule has 0 aromatic heterocycles. The summed E-state index contributed by atoms with van der Waals surface area (Å²) in [5.41, 5.74) is 0. The van der Waals surface area contributed by atoms with Crippen LogP contribution in [0.15, 0.2) is 0 Å². The third-order valence-corrected chi connectivity index (χ3v) is 1.52. The van der Waals surface area contributed by atoms with Crippen molar-refractivity contribution in [2.24, 2.45) is 5.92 Å². The molecule has 0 atom stereocenters. The number of rotatable bonds is 1. The zero-order valence-electron chi connectivity index (χ0n) is 8.20. The fraction of sp³-hybridized carbons (Fsp3) is 0.667. The number of aliphatic carboxylic acids is 1. The summed E-state index contributed by atoms with van der Waals surface area (Å²) in [4.78, 5) is 22.3. The monoisotopic (exact) mass is 146 g/mol. The molecular weight excluding hydrogens is 134 g/mol. The smallest absolute Gasteiger partial charge is 0.310 e. The van der Waals surface area contributed by atoms with Crippen molar-refractivity contribution in [3.8, 4) is 0 Å². The Labute approximate surface area is 62.7 Å². The molecule has 4 nitrogen and oxygen atoms in total. The van der Waals surface area contributed by atoms with Crippen LogP contribution in [0.4, 0.5) is 0 Å². The summed E-state index contributed by atoms with van der Waals surface area (Å²) in [7, 11) is 0. The molecule has 0 aromatic carbocycles. The molecule has 1 aliphatic rings. The van der Waals surface area contributed by atoms with E-state index in [0.29, 0.717) is 0 Å². The Morgan fingerprint density at radius 3 is 2.70 bits per heavy atom. The molecule has 10 heavy (non-hydrogen) atoms. The van der Waals surface area contributed by atoms with Crippen LogP contribution in [0.3, 0.4) is 0 Å². The van der Waals surface area contributed by atoms with Gasteiger partial charge in [0, 0.05) is 24.1 Å². The molecule has 56 valence electrons. The first-order valence-electron chi connectivity index (χ1n) is 4.34. The summed E-state index contributed by atoms with van der Waals surface area (Å²) < 4.78 is 20.3. The van der Waals surface area contributed by atoms with Crippen LogP contribution in [0.25, 0.3) is 0 Å². The van der Waals surface area contributed by atoms with Crippen LogP contribution in [-0.2, 0) is 9.59 Å². The first-order chi connectivity index (χ1) is 5.82. The highest BCUT2D eigenvalue weighted by Gasteiger charge is 2.33. The predicted octanol–water partition coefficient (Wildman–Crippen LogP) is -0.451. The molecule has 1 N–H and O–H groups in total. The van der Waals surface area contributed by atoms with Gasteiger partial charge in [0.05, 0.1) is 5.92 Å². The molecule has 1 rings (SSSR count). The maximum Gasteiger partial charge on any atom is 0.310 e. The van der Waals surface area contributed by atoms with Crippen LogP contribution in [0, 0.1) is 5.92 Å². The van der Waals surface area contributed by atoms with E-state index in [1.54, 1.807) is 0 Å². The molecule has 0 bridgehead atoms. The molecule has 1 fully saturated rings. The van der Waals surface area contributed by atoms with Crippen LogP contribution in [0.5, 0.6) is 0 Å². The van der Waals surface area contributed by atoms with E-state index in [-0.39, 0.29) is 13.1 Å². The van der Waals surface area contributed by atoms with Gasteiger partial charge in [-0.05, 0) is 0 Å². The van der Waals surface area contributed by atoms with Crippen LogP contribution in [0.2, 0.25) is 0 Å². The molecule has 1 heterocycles. The predicted molar refractivity (Wildman–Crippen MR) is 33.4 cm³/mol. The van der Waals surface area contributed by atoms with Crippen molar-refractivity contribution in [1.82, 2.24) is 4.90 Å². The highest BCUT2D eigenvalue weighted by molar-refractivity contribution is 5.79. The Balaban J connectivity index is 2.44. The number of carboxylic acids is 1. The fourth-order valence-electron chi connectivity index (χ4n) is 0.801. The van der Waals surface area contributed by atoms with E-state index in [4.69, 9.17) is 9.22 Å². The third-order valence-electron chi connectivity index (χ3n) is 1.52. The summed E-state index contributed by atoms with van der Waals surface area (Å²) in [5, 5.41) is 8.46. The highest BCUT2D eigenvalue weighted by atomic mass is 16.4. The summed E-state index contributed by atoms with van der Waals surface area (Å²) in [6.45, 7) is -2.64. The molecule has 0 radical (unpaired) electrons. The van der Waals surface area contributed by atoms with Crippen molar-refractivity contribution < 1.29 is 18.8 Å². The number of carbonyl (C=O) groups excluding carboxylic acids is 1. The van der Waals surface area contributed by atoms with Gasteiger partial charge in [-0.3, -0.25) is 9.59 Å². The average molecular weight is 146 g/mol. The Bertz CT molecular complexity index is 244. The van der Waals surface area contributed by atoms with Crippen molar-refractivity contribution in [2.45, 2.75) is 6.85 Å². The Hall–Kier alpha value is -1.06. The van der Waals surface area contributed by atoms with Crippen LogP contribution < -0.4 is 0 Å². The van der Waals surface area contributed by atoms with E-state index in [1.165, 1.54) is 0 Å². The SMILES string of the molecule is [2H]C([2H])([2H])C(=O)N1CC(C(=O)O)C1. The van der Waals surface area contributed by atoms with Gasteiger partial charge in [-0.1, -0.05) is 0 Å². The van der Waals surface area contributed by atoms with Crippen molar-refractivity contribution in [1.29, 1.82) is 0 Å². The van der Waals surface area contributed by atoms with E-state index in [9.17, 15) is 9.59 Å². The van der Waals surface area contributed by atoms with E-state index in [0.717, 1.165) is 4.90 Å². The summed E-state index contributed by atoms with van der Waals surface area (Å²) >= 11 is 0. The molecular formula is C6H9NO3. The normalized spacial score (nSPS) is 24.0. The Morgan fingerprint density at radius 1 is 1.70 bits per heavy atom. The first kappa shape index (κ1) is 3.95. The quantitative estimate of drug-likeness (QED) is 0.545. The molecule has 0 aliphatic carbocycles. The second-order valence-electron chi connectivity index (χ2n) is 2.25. The van der Waals surface area contributed by atoms with Gasteiger partial charge in [0.25, 0.3) is 0 Å². The van der Waals surface area contributed by atoms with E-state index in [1.807, 2.05) is 0 Å². The highest BCUT2D eigenvalue weighted by Crippen LogP contribution is 2.14. The molecule has 0 saturated carbocycles. The summed E-state index contributed by atoms with van der Waals surface area (Å²) in [5.74, 6) is -2.56. The molecule has 1 saturated heterocycles. The van der Waals surface area contributed by atoms with Gasteiger partial charge in [-0.25, -0.2) is 0 Å². The first-order valence-corrected chi connectivity index (χ1v) is 2.84. The number of likely N-dealkylation sites (tertiary alicyclic amines) is 1. The van der Waals surface area contributed by atoms with Gasteiger partial charge < -0.3 is 10.0 Å². The zero-order valence-corrected chi connectivity index (χ0v) is 5.20. The molecule has 1 amide bonds. The standard InChI is InChI=1S/C6H9NO3/c1-4(8)7-2-5(3-7)6(9)10/h5H,2-3H2,1H3,(H,9,10)/i1D3. The van der Waals surface area contributed by atoms with Crippen molar-refractivity contribution in [3.63, 3.8) is 0 Å². The minimum Gasteiger partial charge on any atom is -0.481 e. The van der Waals surface area contributed by atoms with Gasteiger partial charge >= 0.3 is 5.97 Å². The lowest BCUT2D eigenvalue weighted by atomic mass is 10.0. The fourth-order valence-corrected chi connectivity index (χ4v) is 0.801. The van der Waals surface area contributed by atoms with E-state index in [2.05, 4.69) is 0 Å². The lowest BCUT2D eigenvalue weighted by molar-refractivity contribution is -0.151. The molecule has 4 heteroatoms. The maximum atomic E-state index is 11.0. The number of amides is 1. The maximum absolute atomic E-state index is 11.0. The van der Waals surface area contributed by atoms with E-state index >= 15 is 0 Å². The van der Waals surface area contributed by atoms with Crippen molar-refractivity contribution in [2.75, 3.05) is 13.1 Å². The average Bonchev–Trinajstić information content (AvgIpc) is 1.80. The number of hydrogen-bond acceptors (Lipinski definition) is 2. The number of carboxylic acid groups (broad SMARTS) is 1. The second-order valence-corrected chi connectivity index (χ2v) is 2.25. The van der Waals surface area contributed by atoms with E-state index < -0.39 is 24.6 Å². The van der Waals surface area contributed by atoms with Gasteiger partial charge in [0.2, 0.25) is 5.91 Å². The minimum atomic E-state index is -2.65. The largest absolute Gasteiger partial charge is 0.481 e. The second kappa shape index (κ2) is 2.28. The summed E-state index contributed by atoms with van der Waals surface area (Å²) in [6.07, 6.45) is 0. The van der Waals surface area contributed by atoms with Crippen molar-refractivity contribution >= 4 is 11.9 Å². The van der Waals surface area contributed by atoms with Crippen LogP contribution in [-0.4, -0.2) is 35.0 Å². The third kappa shape index (κ3) is 1.10. The van der Waals surface area contributed by atoms with Gasteiger partial charge in [0.15, 0.2) is 0 Å². The van der Waals surface area contributed by atoms with Crippen LogP contribution in [0.1, 0.15) is 11.0 Å². The number of hydrogen-bond donors (Lipinski definition) is 1. The number of carbonyl (C=O) groups is 2. The number of nitrogens with zero attached hydrogens (tertiary/aromatic N) is 1. The molecule has 1 aliphatic heterocycles. The van der Waals surface area contributed by atoms with Gasteiger partial charge in [-0.15, -0.1) is 0 Å². The molecule has 0 spiro atoms. The minimum absolute atomic E-state index is 0.00650. The van der Waals surface area contributed by atoms with Crippen molar-refractivity contribution in [3.05, 3.63) is 0 Å². The molecule has 0 aromatic rings. The lowest BCUT2D eigenvalue weighted by Gasteiger charge is -2.35.